The largest absolute Gasteiger partial charge is 0.509 e. The Kier molecular flexibility index (Phi) is 7.32. The maximum absolute atomic E-state index is 13.3. The van der Waals surface area contributed by atoms with Crippen LogP contribution in [0.2, 0.25) is 0 Å². The zero-order valence-corrected chi connectivity index (χ0v) is 17.6. The Morgan fingerprint density at radius 3 is 2.59 bits per heavy atom. The fraction of sp³-hybridized carbons (Fsp3) is 0.190. The van der Waals surface area contributed by atoms with Gasteiger partial charge in [0.25, 0.3) is 12.3 Å². The molecule has 0 fully saturated rings. The number of benzene rings is 1. The number of aliphatic imine (C=N–C) groups is 1. The third-order valence-corrected chi connectivity index (χ3v) is 4.47. The minimum Gasteiger partial charge on any atom is -0.509 e. The Morgan fingerprint density at radius 2 is 2.03 bits per heavy atom. The number of anilines is 2. The Morgan fingerprint density at radius 1 is 1.32 bits per heavy atom. The van der Waals surface area contributed by atoms with Crippen LogP contribution in [0.4, 0.5) is 29.3 Å². The first-order chi connectivity index (χ1) is 16.2. The highest BCUT2D eigenvalue weighted by molar-refractivity contribution is 6.28. The highest BCUT2D eigenvalue weighted by atomic mass is 19.3. The molecule has 0 radical (unpaired) electrons. The molecule has 1 aromatic heterocycles. The van der Waals surface area contributed by atoms with Crippen LogP contribution in [0.3, 0.4) is 0 Å². The van der Waals surface area contributed by atoms with Crippen LogP contribution in [-0.4, -0.2) is 59.6 Å². The van der Waals surface area contributed by atoms with Crippen molar-refractivity contribution < 1.29 is 32.6 Å². The number of nitrogens with zero attached hydrogens (tertiary/aromatic N) is 5. The van der Waals surface area contributed by atoms with Crippen molar-refractivity contribution in [2.45, 2.75) is 6.43 Å². The molecule has 3 rings (SSSR count). The summed E-state index contributed by atoms with van der Waals surface area (Å²) in [6.45, 7) is -1.49. The minimum absolute atomic E-state index is 0.0714. The first-order valence-electron chi connectivity index (χ1n) is 9.58. The van der Waals surface area contributed by atoms with Crippen molar-refractivity contribution in [3.63, 3.8) is 0 Å². The van der Waals surface area contributed by atoms with Gasteiger partial charge in [-0.05, 0) is 36.4 Å². The third-order valence-electron chi connectivity index (χ3n) is 4.47. The number of hydrogen-bond donors (Lipinski definition) is 2. The van der Waals surface area contributed by atoms with Gasteiger partial charge in [0.1, 0.15) is 41.3 Å². The number of carbonyl (C=O) groups excluding carboxylic acids is 2. The number of imide groups is 1. The molecule has 34 heavy (non-hydrogen) atoms. The first kappa shape index (κ1) is 24.1. The van der Waals surface area contributed by atoms with Crippen LogP contribution in [0.5, 0.6) is 0 Å². The zero-order chi connectivity index (χ0) is 24.8. The number of aliphatic hydroxyl groups excluding tert-OH is 1. The van der Waals surface area contributed by atoms with E-state index in [0.717, 1.165) is 24.3 Å². The number of hydrazine groups is 1. The Balaban J connectivity index is 2.06. The average Bonchev–Trinajstić information content (AvgIpc) is 2.82. The molecule has 1 aromatic carbocycles. The predicted molar refractivity (Wildman–Crippen MR) is 114 cm³/mol. The number of nitrogens with one attached hydrogen (secondary N) is 1. The fourth-order valence-corrected chi connectivity index (χ4v) is 2.96. The van der Waals surface area contributed by atoms with E-state index in [9.17, 15) is 27.9 Å². The average molecular weight is 474 g/mol. The molecule has 0 saturated carbocycles. The van der Waals surface area contributed by atoms with E-state index in [1.54, 1.807) is 0 Å². The van der Waals surface area contributed by atoms with Crippen molar-refractivity contribution in [2.24, 2.45) is 4.99 Å². The number of nitriles is 1. The zero-order valence-electron chi connectivity index (χ0n) is 17.6. The molecule has 1 aliphatic heterocycles. The van der Waals surface area contributed by atoms with Crippen LogP contribution in [0.1, 0.15) is 5.69 Å². The van der Waals surface area contributed by atoms with E-state index in [1.165, 1.54) is 30.5 Å². The van der Waals surface area contributed by atoms with E-state index in [0.29, 0.717) is 5.01 Å². The van der Waals surface area contributed by atoms with Gasteiger partial charge in [-0.1, -0.05) is 0 Å². The van der Waals surface area contributed by atoms with Crippen molar-refractivity contribution in [1.29, 1.82) is 5.26 Å². The van der Waals surface area contributed by atoms with Crippen LogP contribution >= 0.6 is 0 Å². The van der Waals surface area contributed by atoms with Gasteiger partial charge in [0.2, 0.25) is 0 Å². The van der Waals surface area contributed by atoms with Crippen LogP contribution in [0, 0.1) is 17.1 Å². The summed E-state index contributed by atoms with van der Waals surface area (Å²) in [5.41, 5.74) is -0.151. The Labute approximate surface area is 191 Å². The number of hydrogen-bond acceptors (Lipinski definition) is 8. The SMILES string of the molecule is COC(=O)N1C(=O)C(C(=NCC(F)F)Nc2ccc(F)cc2)=C(O)CN1c1ccc(C#N)nc1. The molecule has 0 saturated heterocycles. The van der Waals surface area contributed by atoms with E-state index in [2.05, 4.69) is 20.0 Å². The second kappa shape index (κ2) is 10.3. The highest BCUT2D eigenvalue weighted by Crippen LogP contribution is 2.26. The lowest BCUT2D eigenvalue weighted by atomic mass is 10.1. The molecule has 0 spiro atoms. The number of aromatic nitrogens is 1. The number of aliphatic hydroxyl groups is 1. The number of methoxy groups -OCH3 is 1. The monoisotopic (exact) mass is 474 g/mol. The Hall–Kier alpha value is -4.60. The number of ether oxygens (including phenoxy) is 1. The quantitative estimate of drug-likeness (QED) is 0.500. The summed E-state index contributed by atoms with van der Waals surface area (Å²) < 4.78 is 43.7. The van der Waals surface area contributed by atoms with Crippen molar-refractivity contribution in [2.75, 3.05) is 30.5 Å². The lowest BCUT2D eigenvalue weighted by molar-refractivity contribution is -0.126. The smallest absolute Gasteiger partial charge is 0.436 e. The minimum atomic E-state index is -2.87. The predicted octanol–water partition coefficient (Wildman–Crippen LogP) is 3.01. The molecule has 13 heteroatoms. The summed E-state index contributed by atoms with van der Waals surface area (Å²) in [6, 6.07) is 9.25. The molecule has 10 nitrogen and oxygen atoms in total. The molecule has 2 aromatic rings. The van der Waals surface area contributed by atoms with Crippen LogP contribution in [0.15, 0.2) is 58.9 Å². The molecule has 0 unspecified atom stereocenters. The molecule has 0 aliphatic carbocycles. The van der Waals surface area contributed by atoms with Crippen molar-refractivity contribution in [3.8, 4) is 6.07 Å². The number of carbonyl (C=O) groups is 2. The first-order valence-corrected chi connectivity index (χ1v) is 9.58. The molecule has 1 aliphatic rings. The molecule has 176 valence electrons. The van der Waals surface area contributed by atoms with E-state index in [-0.39, 0.29) is 17.1 Å². The molecule has 2 N–H and O–H groups in total. The molecule has 2 heterocycles. The number of pyridine rings is 1. The van der Waals surface area contributed by atoms with Crippen LogP contribution in [0.25, 0.3) is 0 Å². The van der Waals surface area contributed by atoms with Gasteiger partial charge in [-0.3, -0.25) is 14.8 Å². The van der Waals surface area contributed by atoms with Gasteiger partial charge in [-0.2, -0.15) is 5.26 Å². The number of rotatable bonds is 5. The summed E-state index contributed by atoms with van der Waals surface area (Å²) in [6.07, 6.45) is -2.82. The number of amides is 2. The van der Waals surface area contributed by atoms with E-state index in [1.807, 2.05) is 6.07 Å². The van der Waals surface area contributed by atoms with Crippen LogP contribution < -0.4 is 10.3 Å². The second-order valence-corrected chi connectivity index (χ2v) is 6.69. The van der Waals surface area contributed by atoms with Gasteiger partial charge in [0, 0.05) is 5.69 Å². The lowest BCUT2D eigenvalue weighted by Gasteiger charge is -2.37. The maximum atomic E-state index is 13.3. The molecule has 0 bridgehead atoms. The van der Waals surface area contributed by atoms with E-state index in [4.69, 9.17) is 5.26 Å². The summed E-state index contributed by atoms with van der Waals surface area (Å²) >= 11 is 0. The second-order valence-electron chi connectivity index (χ2n) is 6.69. The molecule has 0 atom stereocenters. The number of alkyl halides is 2. The summed E-state index contributed by atoms with van der Waals surface area (Å²) in [4.78, 5) is 33.3. The lowest BCUT2D eigenvalue weighted by Crippen LogP contribution is -2.56. The number of amidine groups is 1. The fourth-order valence-electron chi connectivity index (χ4n) is 2.96. The topological polar surface area (TPSA) is 131 Å². The molecular formula is C21H17F3N6O4. The molecule has 2 amide bonds. The summed E-state index contributed by atoms with van der Waals surface area (Å²) in [5, 5.41) is 23.8. The maximum Gasteiger partial charge on any atom is 0.436 e. The summed E-state index contributed by atoms with van der Waals surface area (Å²) in [5.74, 6) is -2.75. The van der Waals surface area contributed by atoms with Gasteiger partial charge >= 0.3 is 6.09 Å². The van der Waals surface area contributed by atoms with Gasteiger partial charge < -0.3 is 15.2 Å². The van der Waals surface area contributed by atoms with E-state index >= 15 is 0 Å². The van der Waals surface area contributed by atoms with E-state index < -0.39 is 54.5 Å². The third kappa shape index (κ3) is 5.23. The van der Waals surface area contributed by atoms with Crippen molar-refractivity contribution >= 4 is 29.2 Å². The normalized spacial score (nSPS) is 14.4. The molecular weight excluding hydrogens is 457 g/mol. The Bertz CT molecular complexity index is 1180. The van der Waals surface area contributed by atoms with Crippen molar-refractivity contribution in [1.82, 2.24) is 9.99 Å². The highest BCUT2D eigenvalue weighted by Gasteiger charge is 2.41. The van der Waals surface area contributed by atoms with Gasteiger partial charge in [0.05, 0.1) is 25.5 Å². The van der Waals surface area contributed by atoms with Gasteiger partial charge in [-0.25, -0.2) is 22.9 Å². The van der Waals surface area contributed by atoms with Gasteiger partial charge in [-0.15, -0.1) is 5.01 Å². The van der Waals surface area contributed by atoms with Crippen LogP contribution in [-0.2, 0) is 9.53 Å². The number of halogens is 3. The summed E-state index contributed by atoms with van der Waals surface area (Å²) in [7, 11) is 1.02. The standard InChI is InChI=1S/C21H17F3N6O4/c1-34-21(33)30-20(32)18(16(31)11-29(30)15-7-6-14(8-25)26-9-15)19(27-10-17(23)24)28-13-4-2-12(22)3-5-13/h2-7,9,17,31H,10-11H2,1H3,(H,27,28). The van der Waals surface area contributed by atoms with Gasteiger partial charge in [0.15, 0.2) is 0 Å². The van der Waals surface area contributed by atoms with Crippen molar-refractivity contribution in [3.05, 3.63) is 65.4 Å².